The Hall–Kier alpha value is -2.29. The summed E-state index contributed by atoms with van der Waals surface area (Å²) >= 11 is 0. The van der Waals surface area contributed by atoms with Gasteiger partial charge in [-0.3, -0.25) is 0 Å². The van der Waals surface area contributed by atoms with Gasteiger partial charge in [-0.2, -0.15) is 0 Å². The van der Waals surface area contributed by atoms with Gasteiger partial charge in [0.2, 0.25) is 6.10 Å². The summed E-state index contributed by atoms with van der Waals surface area (Å²) in [5, 5.41) is 9.15. The molecule has 0 amide bonds. The molecule has 0 aliphatic heterocycles. The SMILES string of the molecule is O=C(O)C(Oc1c[c]ccc1)c1ccccc1. The second-order valence-electron chi connectivity index (χ2n) is 3.49. The molecule has 0 heterocycles. The quantitative estimate of drug-likeness (QED) is 0.873. The van der Waals surface area contributed by atoms with Crippen molar-refractivity contribution in [2.45, 2.75) is 6.10 Å². The number of carboxylic acid groups (broad SMARTS) is 1. The van der Waals surface area contributed by atoms with Crippen LogP contribution < -0.4 is 4.74 Å². The van der Waals surface area contributed by atoms with E-state index in [1.807, 2.05) is 6.07 Å². The van der Waals surface area contributed by atoms with Crippen molar-refractivity contribution >= 4 is 5.97 Å². The lowest BCUT2D eigenvalue weighted by Gasteiger charge is -2.15. The van der Waals surface area contributed by atoms with E-state index in [1.54, 1.807) is 48.5 Å². The molecule has 1 radical (unpaired) electrons. The van der Waals surface area contributed by atoms with E-state index in [9.17, 15) is 4.79 Å². The van der Waals surface area contributed by atoms with Gasteiger partial charge in [0.15, 0.2) is 0 Å². The van der Waals surface area contributed by atoms with E-state index >= 15 is 0 Å². The number of benzene rings is 2. The number of hydrogen-bond donors (Lipinski definition) is 1. The number of hydrogen-bond acceptors (Lipinski definition) is 2. The maximum absolute atomic E-state index is 11.2. The van der Waals surface area contributed by atoms with Crippen LogP contribution in [0.4, 0.5) is 0 Å². The topological polar surface area (TPSA) is 46.5 Å². The molecule has 1 atom stereocenters. The summed E-state index contributed by atoms with van der Waals surface area (Å²) in [6, 6.07) is 18.5. The molecule has 0 bridgehead atoms. The van der Waals surface area contributed by atoms with E-state index < -0.39 is 12.1 Å². The lowest BCUT2D eigenvalue weighted by atomic mass is 10.1. The first-order valence-electron chi connectivity index (χ1n) is 5.18. The average molecular weight is 227 g/mol. The Kier molecular flexibility index (Phi) is 3.40. The Morgan fingerprint density at radius 3 is 2.53 bits per heavy atom. The highest BCUT2D eigenvalue weighted by molar-refractivity contribution is 5.74. The zero-order valence-corrected chi connectivity index (χ0v) is 9.04. The predicted molar refractivity (Wildman–Crippen MR) is 62.7 cm³/mol. The molecule has 17 heavy (non-hydrogen) atoms. The van der Waals surface area contributed by atoms with Gasteiger partial charge in [-0.05, 0) is 18.2 Å². The molecule has 2 aromatic carbocycles. The van der Waals surface area contributed by atoms with Crippen LogP contribution in [0.2, 0.25) is 0 Å². The summed E-state index contributed by atoms with van der Waals surface area (Å²) in [4.78, 5) is 11.2. The predicted octanol–water partition coefficient (Wildman–Crippen LogP) is 2.69. The van der Waals surface area contributed by atoms with Crippen molar-refractivity contribution in [2.24, 2.45) is 0 Å². The zero-order valence-electron chi connectivity index (χ0n) is 9.04. The summed E-state index contributed by atoms with van der Waals surface area (Å²) in [5.74, 6) is -0.524. The van der Waals surface area contributed by atoms with Crippen molar-refractivity contribution < 1.29 is 14.6 Å². The minimum atomic E-state index is -1.01. The molecule has 0 aromatic heterocycles. The maximum atomic E-state index is 11.2. The van der Waals surface area contributed by atoms with E-state index in [2.05, 4.69) is 6.07 Å². The van der Waals surface area contributed by atoms with E-state index in [-0.39, 0.29) is 0 Å². The van der Waals surface area contributed by atoms with E-state index in [1.165, 1.54) is 0 Å². The van der Waals surface area contributed by atoms with E-state index in [0.717, 1.165) is 0 Å². The molecule has 1 unspecified atom stereocenters. The number of rotatable bonds is 4. The third-order valence-corrected chi connectivity index (χ3v) is 2.26. The van der Waals surface area contributed by atoms with Crippen LogP contribution in [0.25, 0.3) is 0 Å². The van der Waals surface area contributed by atoms with Crippen LogP contribution in [-0.2, 0) is 4.79 Å². The lowest BCUT2D eigenvalue weighted by molar-refractivity contribution is -0.145. The van der Waals surface area contributed by atoms with Gasteiger partial charge in [-0.15, -0.1) is 0 Å². The second kappa shape index (κ2) is 5.16. The third kappa shape index (κ3) is 2.84. The Labute approximate surface area is 99.3 Å². The normalized spacial score (nSPS) is 11.8. The highest BCUT2D eigenvalue weighted by Crippen LogP contribution is 2.21. The Bertz CT molecular complexity index is 479. The fraction of sp³-hybridized carbons (Fsp3) is 0.0714. The molecule has 0 aliphatic rings. The number of ether oxygens (including phenoxy) is 1. The molecule has 85 valence electrons. The summed E-state index contributed by atoms with van der Waals surface area (Å²) in [5.41, 5.74) is 0.615. The first-order chi connectivity index (χ1) is 8.27. The molecule has 0 fully saturated rings. The molecule has 2 aromatic rings. The summed E-state index contributed by atoms with van der Waals surface area (Å²) < 4.78 is 5.43. The smallest absolute Gasteiger partial charge is 0.349 e. The first-order valence-corrected chi connectivity index (χ1v) is 5.18. The van der Waals surface area contributed by atoms with Crippen molar-refractivity contribution in [3.8, 4) is 5.75 Å². The van der Waals surface area contributed by atoms with E-state index in [4.69, 9.17) is 9.84 Å². The van der Waals surface area contributed by atoms with Gasteiger partial charge in [0.05, 0.1) is 0 Å². The fourth-order valence-electron chi connectivity index (χ4n) is 1.48. The Morgan fingerprint density at radius 2 is 1.94 bits per heavy atom. The molecule has 0 saturated carbocycles. The highest BCUT2D eigenvalue weighted by Gasteiger charge is 2.21. The van der Waals surface area contributed by atoms with Crippen LogP contribution >= 0.6 is 0 Å². The van der Waals surface area contributed by atoms with Crippen LogP contribution in [-0.4, -0.2) is 11.1 Å². The van der Waals surface area contributed by atoms with Crippen molar-refractivity contribution in [1.82, 2.24) is 0 Å². The van der Waals surface area contributed by atoms with Crippen molar-refractivity contribution in [3.63, 3.8) is 0 Å². The molecule has 3 nitrogen and oxygen atoms in total. The average Bonchev–Trinajstić information content (AvgIpc) is 2.38. The highest BCUT2D eigenvalue weighted by atomic mass is 16.5. The standard InChI is InChI=1S/C14H11O3/c15-14(16)13(11-7-3-1-4-8-11)17-12-9-5-2-6-10-12/h1-5,7-10,13H,(H,15,16). The van der Waals surface area contributed by atoms with Gasteiger partial charge in [0.1, 0.15) is 5.75 Å². The molecule has 1 N–H and O–H groups in total. The van der Waals surface area contributed by atoms with Crippen LogP contribution in [0.15, 0.2) is 54.6 Å². The fourth-order valence-corrected chi connectivity index (χ4v) is 1.48. The minimum Gasteiger partial charge on any atom is -0.478 e. The van der Waals surface area contributed by atoms with E-state index in [0.29, 0.717) is 11.3 Å². The Morgan fingerprint density at radius 1 is 1.18 bits per heavy atom. The summed E-state index contributed by atoms with van der Waals surface area (Å²) in [6.45, 7) is 0. The van der Waals surface area contributed by atoms with Crippen LogP contribution in [0.3, 0.4) is 0 Å². The van der Waals surface area contributed by atoms with Crippen LogP contribution in [0, 0.1) is 6.07 Å². The maximum Gasteiger partial charge on any atom is 0.349 e. The van der Waals surface area contributed by atoms with Crippen molar-refractivity contribution in [2.75, 3.05) is 0 Å². The molecule has 2 rings (SSSR count). The molecule has 0 spiro atoms. The monoisotopic (exact) mass is 227 g/mol. The van der Waals surface area contributed by atoms with Gasteiger partial charge in [-0.25, -0.2) is 4.79 Å². The molecular weight excluding hydrogens is 216 g/mol. The number of aliphatic carboxylic acids is 1. The van der Waals surface area contributed by atoms with Gasteiger partial charge in [0, 0.05) is 5.56 Å². The molecule has 0 aliphatic carbocycles. The largest absolute Gasteiger partial charge is 0.478 e. The summed E-state index contributed by atoms with van der Waals surface area (Å²) in [7, 11) is 0. The molecular formula is C14H11O3. The summed E-state index contributed by atoms with van der Waals surface area (Å²) in [6.07, 6.45) is -0.994. The number of carboxylic acids is 1. The number of carbonyl (C=O) groups is 1. The zero-order chi connectivity index (χ0) is 12.1. The van der Waals surface area contributed by atoms with Crippen molar-refractivity contribution in [1.29, 1.82) is 0 Å². The van der Waals surface area contributed by atoms with Gasteiger partial charge >= 0.3 is 5.97 Å². The van der Waals surface area contributed by atoms with Gasteiger partial charge in [0.25, 0.3) is 0 Å². The molecule has 3 heteroatoms. The second-order valence-corrected chi connectivity index (χ2v) is 3.49. The van der Waals surface area contributed by atoms with Crippen LogP contribution in [0.5, 0.6) is 5.75 Å². The van der Waals surface area contributed by atoms with Gasteiger partial charge < -0.3 is 9.84 Å². The first kappa shape index (κ1) is 11.2. The lowest BCUT2D eigenvalue weighted by Crippen LogP contribution is -2.18. The molecule has 0 saturated heterocycles. The Balaban J connectivity index is 2.23. The minimum absolute atomic E-state index is 0.490. The van der Waals surface area contributed by atoms with Crippen molar-refractivity contribution in [3.05, 3.63) is 66.2 Å². The van der Waals surface area contributed by atoms with Crippen LogP contribution in [0.1, 0.15) is 11.7 Å². The third-order valence-electron chi connectivity index (χ3n) is 2.26. The van der Waals surface area contributed by atoms with Gasteiger partial charge in [-0.1, -0.05) is 42.5 Å².